The molecule has 0 spiro atoms. The van der Waals surface area contributed by atoms with Gasteiger partial charge in [0.1, 0.15) is 6.23 Å². The third-order valence-electron chi connectivity index (χ3n) is 1.97. The summed E-state index contributed by atoms with van der Waals surface area (Å²) in [5.74, 6) is 0. The van der Waals surface area contributed by atoms with Gasteiger partial charge in [0.05, 0.1) is 0 Å². The lowest BCUT2D eigenvalue weighted by atomic mass is 10.2. The van der Waals surface area contributed by atoms with Gasteiger partial charge in [0, 0.05) is 20.7 Å². The second-order valence-corrected chi connectivity index (χ2v) is 3.69. The van der Waals surface area contributed by atoms with Crippen LogP contribution in [0.4, 0.5) is 0 Å². The number of hydrazine groups is 1. The molecule has 0 heterocycles. The second-order valence-electron chi connectivity index (χ2n) is 3.69. The van der Waals surface area contributed by atoms with Crippen molar-refractivity contribution in [2.75, 3.05) is 20.7 Å². The van der Waals surface area contributed by atoms with Crippen LogP contribution in [-0.2, 0) is 4.74 Å². The van der Waals surface area contributed by atoms with E-state index in [0.717, 1.165) is 18.6 Å². The van der Waals surface area contributed by atoms with Gasteiger partial charge in [-0.15, -0.1) is 0 Å². The van der Waals surface area contributed by atoms with E-state index in [-0.39, 0.29) is 6.23 Å². The molecule has 0 saturated heterocycles. The molecule has 1 aromatic carbocycles. The zero-order valence-corrected chi connectivity index (χ0v) is 9.73. The van der Waals surface area contributed by atoms with Crippen molar-refractivity contribution in [1.82, 2.24) is 10.4 Å². The molecule has 1 aromatic rings. The molecule has 0 saturated carbocycles. The summed E-state index contributed by atoms with van der Waals surface area (Å²) in [6, 6.07) is 10.2. The molecule has 0 amide bonds. The van der Waals surface area contributed by atoms with Crippen molar-refractivity contribution in [1.29, 1.82) is 0 Å². The van der Waals surface area contributed by atoms with Crippen molar-refractivity contribution in [2.24, 2.45) is 0 Å². The fraction of sp³-hybridized carbons (Fsp3) is 0.500. The molecule has 0 fully saturated rings. The number of nitrogens with one attached hydrogen (secondary N) is 1. The summed E-state index contributed by atoms with van der Waals surface area (Å²) in [6.07, 6.45) is 0.972. The van der Waals surface area contributed by atoms with Crippen LogP contribution in [0.3, 0.4) is 0 Å². The monoisotopic (exact) mass is 208 g/mol. The molecule has 3 nitrogen and oxygen atoms in total. The Labute approximate surface area is 92.0 Å². The highest BCUT2D eigenvalue weighted by molar-refractivity contribution is 5.16. The number of hydrogen-bond acceptors (Lipinski definition) is 3. The number of nitrogens with zero attached hydrogens (tertiary/aromatic N) is 1. The topological polar surface area (TPSA) is 24.5 Å². The first-order chi connectivity index (χ1) is 7.24. The number of benzene rings is 1. The van der Waals surface area contributed by atoms with Crippen LogP contribution >= 0.6 is 0 Å². The fourth-order valence-electron chi connectivity index (χ4n) is 1.31. The van der Waals surface area contributed by atoms with Crippen LogP contribution in [0.25, 0.3) is 0 Å². The van der Waals surface area contributed by atoms with Crippen LogP contribution in [-0.4, -0.2) is 25.7 Å². The zero-order valence-electron chi connectivity index (χ0n) is 9.73. The van der Waals surface area contributed by atoms with Crippen molar-refractivity contribution in [3.8, 4) is 0 Å². The van der Waals surface area contributed by atoms with Crippen molar-refractivity contribution >= 4 is 0 Å². The minimum Gasteiger partial charge on any atom is -0.358 e. The maximum absolute atomic E-state index is 5.74. The molecule has 1 N–H and O–H groups in total. The third kappa shape index (κ3) is 4.42. The van der Waals surface area contributed by atoms with Gasteiger partial charge in [-0.25, -0.2) is 10.4 Å². The predicted octanol–water partition coefficient (Wildman–Crippen LogP) is 2.18. The first-order valence-corrected chi connectivity index (χ1v) is 5.34. The maximum atomic E-state index is 5.74. The largest absolute Gasteiger partial charge is 0.358 e. The van der Waals surface area contributed by atoms with E-state index in [0.29, 0.717) is 0 Å². The highest BCUT2D eigenvalue weighted by Crippen LogP contribution is 2.14. The van der Waals surface area contributed by atoms with E-state index in [2.05, 4.69) is 24.5 Å². The van der Waals surface area contributed by atoms with Crippen molar-refractivity contribution < 1.29 is 4.74 Å². The lowest BCUT2D eigenvalue weighted by Gasteiger charge is -2.23. The van der Waals surface area contributed by atoms with Crippen molar-refractivity contribution in [3.05, 3.63) is 35.9 Å². The Bertz CT molecular complexity index is 262. The minimum atomic E-state index is -0.0545. The minimum absolute atomic E-state index is 0.0545. The van der Waals surface area contributed by atoms with E-state index in [1.807, 2.05) is 37.3 Å². The second kappa shape index (κ2) is 6.56. The molecule has 15 heavy (non-hydrogen) atoms. The number of hydrogen-bond donors (Lipinski definition) is 1. The Kier molecular flexibility index (Phi) is 5.32. The van der Waals surface area contributed by atoms with E-state index in [9.17, 15) is 0 Å². The summed E-state index contributed by atoms with van der Waals surface area (Å²) in [5, 5.41) is 1.91. The summed E-state index contributed by atoms with van der Waals surface area (Å²) in [6.45, 7) is 2.87. The molecule has 1 atom stereocenters. The third-order valence-corrected chi connectivity index (χ3v) is 1.97. The maximum Gasteiger partial charge on any atom is 0.146 e. The van der Waals surface area contributed by atoms with Gasteiger partial charge in [0.25, 0.3) is 0 Å². The Balaban J connectivity index is 2.63. The molecule has 84 valence electrons. The van der Waals surface area contributed by atoms with Gasteiger partial charge in [-0.2, -0.15) is 0 Å². The molecule has 0 aliphatic heterocycles. The van der Waals surface area contributed by atoms with Crippen molar-refractivity contribution in [3.63, 3.8) is 0 Å². The van der Waals surface area contributed by atoms with Gasteiger partial charge in [-0.1, -0.05) is 37.3 Å². The average Bonchev–Trinajstić information content (AvgIpc) is 2.25. The van der Waals surface area contributed by atoms with E-state index in [1.165, 1.54) is 0 Å². The van der Waals surface area contributed by atoms with Crippen LogP contribution in [0.2, 0.25) is 0 Å². The summed E-state index contributed by atoms with van der Waals surface area (Å²) >= 11 is 0. The highest BCUT2D eigenvalue weighted by atomic mass is 16.5. The van der Waals surface area contributed by atoms with E-state index >= 15 is 0 Å². The SMILES string of the molecule is CCCOC(NN(C)C)c1ccccc1. The van der Waals surface area contributed by atoms with E-state index in [1.54, 1.807) is 0 Å². The van der Waals surface area contributed by atoms with Crippen LogP contribution in [0.15, 0.2) is 30.3 Å². The van der Waals surface area contributed by atoms with Gasteiger partial charge >= 0.3 is 0 Å². The lowest BCUT2D eigenvalue weighted by molar-refractivity contribution is -0.0135. The smallest absolute Gasteiger partial charge is 0.146 e. The standard InChI is InChI=1S/C12H20N2O/c1-4-10-15-12(13-14(2)3)11-8-6-5-7-9-11/h5-9,12-13H,4,10H2,1-3H3. The summed E-state index contributed by atoms with van der Waals surface area (Å²) in [4.78, 5) is 0. The number of rotatable bonds is 6. The first kappa shape index (κ1) is 12.2. The normalized spacial score (nSPS) is 13.1. The van der Waals surface area contributed by atoms with Crippen LogP contribution in [0.1, 0.15) is 25.1 Å². The molecule has 0 aliphatic carbocycles. The van der Waals surface area contributed by atoms with Crippen LogP contribution < -0.4 is 5.43 Å². The average molecular weight is 208 g/mol. The van der Waals surface area contributed by atoms with Crippen molar-refractivity contribution in [2.45, 2.75) is 19.6 Å². The molecule has 1 rings (SSSR count). The number of ether oxygens (including phenoxy) is 1. The van der Waals surface area contributed by atoms with Gasteiger partial charge in [-0.05, 0) is 12.0 Å². The Morgan fingerprint density at radius 1 is 1.27 bits per heavy atom. The molecule has 1 unspecified atom stereocenters. The molecule has 0 bridgehead atoms. The lowest BCUT2D eigenvalue weighted by Crippen LogP contribution is -2.35. The van der Waals surface area contributed by atoms with Gasteiger partial charge in [0.2, 0.25) is 0 Å². The summed E-state index contributed by atoms with van der Waals surface area (Å²) < 4.78 is 5.74. The van der Waals surface area contributed by atoms with E-state index in [4.69, 9.17) is 4.74 Å². The Hall–Kier alpha value is -0.900. The van der Waals surface area contributed by atoms with Gasteiger partial charge < -0.3 is 4.74 Å². The molecule has 0 aliphatic rings. The fourth-order valence-corrected chi connectivity index (χ4v) is 1.31. The molecular weight excluding hydrogens is 188 g/mol. The molecule has 0 aromatic heterocycles. The predicted molar refractivity (Wildman–Crippen MR) is 62.2 cm³/mol. The zero-order chi connectivity index (χ0) is 11.1. The Morgan fingerprint density at radius 2 is 1.93 bits per heavy atom. The Morgan fingerprint density at radius 3 is 2.47 bits per heavy atom. The quantitative estimate of drug-likeness (QED) is 0.573. The summed E-state index contributed by atoms with van der Waals surface area (Å²) in [5.41, 5.74) is 4.39. The summed E-state index contributed by atoms with van der Waals surface area (Å²) in [7, 11) is 3.93. The van der Waals surface area contributed by atoms with E-state index < -0.39 is 0 Å². The van der Waals surface area contributed by atoms with Gasteiger partial charge in [-0.3, -0.25) is 0 Å². The van der Waals surface area contributed by atoms with Gasteiger partial charge in [0.15, 0.2) is 0 Å². The molecular formula is C12H20N2O. The van der Waals surface area contributed by atoms with Crippen LogP contribution in [0.5, 0.6) is 0 Å². The molecule has 3 heteroatoms. The molecule has 0 radical (unpaired) electrons. The highest BCUT2D eigenvalue weighted by Gasteiger charge is 2.10. The first-order valence-electron chi connectivity index (χ1n) is 5.34. The van der Waals surface area contributed by atoms with Crippen LogP contribution in [0, 0.1) is 0 Å².